The van der Waals surface area contributed by atoms with Crippen molar-refractivity contribution < 1.29 is 4.39 Å². The minimum absolute atomic E-state index is 0.538. The lowest BCUT2D eigenvalue weighted by molar-refractivity contribution is 0.275. The molecule has 1 aliphatic rings. The lowest BCUT2D eigenvalue weighted by Gasteiger charge is -2.36. The maximum absolute atomic E-state index is 12.5. The Balaban J connectivity index is 2.13. The molecule has 1 heterocycles. The highest BCUT2D eigenvalue weighted by atomic mass is 79.9. The van der Waals surface area contributed by atoms with Crippen LogP contribution in [-0.2, 0) is 0 Å². The minimum Gasteiger partial charge on any atom is -0.366 e. The molecule has 0 unspecified atom stereocenters. The molecule has 0 saturated carbocycles. The summed E-state index contributed by atoms with van der Waals surface area (Å²) >= 11 is 3.38. The van der Waals surface area contributed by atoms with Gasteiger partial charge in [0.05, 0.1) is 13.1 Å². The Morgan fingerprint density at radius 1 is 1.42 bits per heavy atom. The summed E-state index contributed by atoms with van der Waals surface area (Å²) < 4.78 is 13.5. The molecule has 12 heavy (non-hydrogen) atoms. The summed E-state index contributed by atoms with van der Waals surface area (Å²) in [5.74, 6) is 0. The van der Waals surface area contributed by atoms with E-state index in [0.29, 0.717) is 13.1 Å². The van der Waals surface area contributed by atoms with Crippen LogP contribution in [0, 0.1) is 0 Å². The van der Waals surface area contributed by atoms with E-state index in [1.54, 1.807) is 0 Å². The van der Waals surface area contributed by atoms with E-state index in [4.69, 9.17) is 0 Å². The van der Waals surface area contributed by atoms with Crippen molar-refractivity contribution in [3.63, 3.8) is 0 Å². The first-order valence-electron chi connectivity index (χ1n) is 3.90. The average Bonchev–Trinajstić information content (AvgIpc) is 1.99. The van der Waals surface area contributed by atoms with Crippen molar-refractivity contribution >= 4 is 21.6 Å². The zero-order valence-electron chi connectivity index (χ0n) is 6.50. The summed E-state index contributed by atoms with van der Waals surface area (Å²) in [6, 6.07) is 7.93. The van der Waals surface area contributed by atoms with E-state index in [2.05, 4.69) is 15.9 Å². The van der Waals surface area contributed by atoms with E-state index >= 15 is 0 Å². The van der Waals surface area contributed by atoms with Crippen molar-refractivity contribution in [3.8, 4) is 0 Å². The molecule has 3 heteroatoms. The van der Waals surface area contributed by atoms with Gasteiger partial charge in [-0.05, 0) is 18.2 Å². The number of benzene rings is 1. The summed E-state index contributed by atoms with van der Waals surface area (Å²) in [7, 11) is 0. The van der Waals surface area contributed by atoms with Crippen molar-refractivity contribution in [2.75, 3.05) is 18.0 Å². The first kappa shape index (κ1) is 8.05. The number of anilines is 1. The molecule has 0 bridgehead atoms. The van der Waals surface area contributed by atoms with Crippen LogP contribution in [0.5, 0.6) is 0 Å². The van der Waals surface area contributed by atoms with Gasteiger partial charge in [0.1, 0.15) is 6.17 Å². The Morgan fingerprint density at radius 3 is 2.75 bits per heavy atom. The van der Waals surface area contributed by atoms with Gasteiger partial charge in [0.2, 0.25) is 0 Å². The van der Waals surface area contributed by atoms with Crippen molar-refractivity contribution in [3.05, 3.63) is 28.7 Å². The Kier molecular flexibility index (Phi) is 2.05. The summed E-state index contributed by atoms with van der Waals surface area (Å²) in [5, 5.41) is 0. The monoisotopic (exact) mass is 229 g/mol. The van der Waals surface area contributed by atoms with Crippen LogP contribution in [0.25, 0.3) is 0 Å². The second-order valence-electron chi connectivity index (χ2n) is 2.98. The van der Waals surface area contributed by atoms with Gasteiger partial charge in [-0.25, -0.2) is 4.39 Å². The number of rotatable bonds is 1. The minimum atomic E-state index is -0.635. The van der Waals surface area contributed by atoms with Gasteiger partial charge in [0.15, 0.2) is 0 Å². The Hall–Kier alpha value is -0.570. The molecule has 0 aromatic heterocycles. The fourth-order valence-electron chi connectivity index (χ4n) is 1.31. The maximum Gasteiger partial charge on any atom is 0.135 e. The van der Waals surface area contributed by atoms with Crippen LogP contribution in [-0.4, -0.2) is 19.3 Å². The normalized spacial score (nSPS) is 17.7. The molecular weight excluding hydrogens is 221 g/mol. The lowest BCUT2D eigenvalue weighted by atomic mass is 10.1. The third-order valence-corrected chi connectivity index (χ3v) is 2.50. The summed E-state index contributed by atoms with van der Waals surface area (Å²) in [5.41, 5.74) is 1.10. The van der Waals surface area contributed by atoms with Gasteiger partial charge in [0, 0.05) is 10.2 Å². The van der Waals surface area contributed by atoms with E-state index in [9.17, 15) is 4.39 Å². The van der Waals surface area contributed by atoms with Gasteiger partial charge >= 0.3 is 0 Å². The zero-order valence-corrected chi connectivity index (χ0v) is 8.09. The first-order valence-corrected chi connectivity index (χ1v) is 4.69. The predicted octanol–water partition coefficient (Wildman–Crippen LogP) is 2.61. The number of hydrogen-bond donors (Lipinski definition) is 0. The fourth-order valence-corrected chi connectivity index (χ4v) is 1.70. The van der Waals surface area contributed by atoms with Gasteiger partial charge < -0.3 is 4.90 Å². The summed E-state index contributed by atoms with van der Waals surface area (Å²) in [6.45, 7) is 1.08. The Morgan fingerprint density at radius 2 is 2.17 bits per heavy atom. The van der Waals surface area contributed by atoms with Crippen molar-refractivity contribution in [2.45, 2.75) is 6.17 Å². The standard InChI is InChI=1S/C9H9BrFN/c10-7-2-1-3-9(4-7)12-5-8(11)6-12/h1-4,8H,5-6H2. The van der Waals surface area contributed by atoms with Crippen molar-refractivity contribution in [1.29, 1.82) is 0 Å². The molecule has 1 nitrogen and oxygen atoms in total. The van der Waals surface area contributed by atoms with E-state index in [1.807, 2.05) is 29.2 Å². The molecule has 0 N–H and O–H groups in total. The van der Waals surface area contributed by atoms with Gasteiger partial charge in [0.25, 0.3) is 0 Å². The van der Waals surface area contributed by atoms with Gasteiger partial charge in [-0.15, -0.1) is 0 Å². The molecule has 0 atom stereocenters. The SMILES string of the molecule is FC1CN(c2cccc(Br)c2)C1. The van der Waals surface area contributed by atoms with Crippen LogP contribution in [0.4, 0.5) is 10.1 Å². The van der Waals surface area contributed by atoms with Gasteiger partial charge in [-0.1, -0.05) is 22.0 Å². The van der Waals surface area contributed by atoms with E-state index in [1.165, 1.54) is 0 Å². The van der Waals surface area contributed by atoms with Crippen molar-refractivity contribution in [2.24, 2.45) is 0 Å². The summed E-state index contributed by atoms with van der Waals surface area (Å²) in [4.78, 5) is 2.02. The van der Waals surface area contributed by atoms with Crippen molar-refractivity contribution in [1.82, 2.24) is 0 Å². The average molecular weight is 230 g/mol. The highest BCUT2D eigenvalue weighted by Gasteiger charge is 2.25. The third kappa shape index (κ3) is 1.46. The number of alkyl halides is 1. The number of halogens is 2. The van der Waals surface area contributed by atoms with E-state index < -0.39 is 6.17 Å². The highest BCUT2D eigenvalue weighted by Crippen LogP contribution is 2.24. The second kappa shape index (κ2) is 3.05. The number of hydrogen-bond acceptors (Lipinski definition) is 1. The zero-order chi connectivity index (χ0) is 8.55. The van der Waals surface area contributed by atoms with Crippen LogP contribution >= 0.6 is 15.9 Å². The Bertz CT molecular complexity index is 284. The predicted molar refractivity (Wildman–Crippen MR) is 51.3 cm³/mol. The molecule has 1 aromatic rings. The van der Waals surface area contributed by atoms with Crippen LogP contribution in [0.2, 0.25) is 0 Å². The van der Waals surface area contributed by atoms with E-state index in [0.717, 1.165) is 10.2 Å². The second-order valence-corrected chi connectivity index (χ2v) is 3.90. The maximum atomic E-state index is 12.5. The largest absolute Gasteiger partial charge is 0.366 e. The molecule has 1 aromatic carbocycles. The van der Waals surface area contributed by atoms with Crippen LogP contribution in [0.1, 0.15) is 0 Å². The molecule has 0 aliphatic carbocycles. The first-order chi connectivity index (χ1) is 5.75. The third-order valence-electron chi connectivity index (χ3n) is 2.01. The number of nitrogens with zero attached hydrogens (tertiary/aromatic N) is 1. The molecule has 0 amide bonds. The summed E-state index contributed by atoms with van der Waals surface area (Å²) in [6.07, 6.45) is -0.635. The molecule has 1 aliphatic heterocycles. The van der Waals surface area contributed by atoms with Crippen LogP contribution in [0.3, 0.4) is 0 Å². The van der Waals surface area contributed by atoms with Gasteiger partial charge in [-0.3, -0.25) is 0 Å². The van der Waals surface area contributed by atoms with Crippen LogP contribution in [0.15, 0.2) is 28.7 Å². The van der Waals surface area contributed by atoms with Gasteiger partial charge in [-0.2, -0.15) is 0 Å². The molecule has 1 saturated heterocycles. The molecule has 1 fully saturated rings. The topological polar surface area (TPSA) is 3.24 Å². The highest BCUT2D eigenvalue weighted by molar-refractivity contribution is 9.10. The smallest absolute Gasteiger partial charge is 0.135 e. The fraction of sp³-hybridized carbons (Fsp3) is 0.333. The molecule has 2 rings (SSSR count). The molecular formula is C9H9BrFN. The molecule has 64 valence electrons. The van der Waals surface area contributed by atoms with Crippen LogP contribution < -0.4 is 4.90 Å². The lowest BCUT2D eigenvalue weighted by Crippen LogP contribution is -2.48. The Labute approximate surface area is 79.3 Å². The molecule has 0 radical (unpaired) electrons. The quantitative estimate of drug-likeness (QED) is 0.716. The van der Waals surface area contributed by atoms with E-state index in [-0.39, 0.29) is 0 Å². The molecule has 0 spiro atoms.